The molecule has 0 unspecified atom stereocenters. The fraction of sp³-hybridized carbons (Fsp3) is 0.312. The number of hydrogen-bond donors (Lipinski definition) is 0. The van der Waals surface area contributed by atoms with Gasteiger partial charge in [-0.25, -0.2) is 9.67 Å². The smallest absolute Gasteiger partial charge is 0.172 e. The molecule has 0 fully saturated rings. The highest BCUT2D eigenvalue weighted by molar-refractivity contribution is 6.29. The molecule has 0 N–H and O–H groups in total. The van der Waals surface area contributed by atoms with Crippen LogP contribution in [0.1, 0.15) is 28.8 Å². The van der Waals surface area contributed by atoms with Crippen molar-refractivity contribution >= 4 is 11.6 Å². The number of nitrogens with zero attached hydrogens (tertiary/aromatic N) is 4. The summed E-state index contributed by atoms with van der Waals surface area (Å²) in [4.78, 5) is 4.40. The van der Waals surface area contributed by atoms with Gasteiger partial charge in [0.2, 0.25) is 0 Å². The fourth-order valence-corrected chi connectivity index (χ4v) is 3.26. The van der Waals surface area contributed by atoms with E-state index in [-0.39, 0.29) is 0 Å². The number of benzene rings is 1. The van der Waals surface area contributed by atoms with Crippen molar-refractivity contribution in [1.82, 2.24) is 19.9 Å². The third kappa shape index (κ3) is 2.52. The summed E-state index contributed by atoms with van der Waals surface area (Å²) < 4.78 is 7.19. The molecular formula is C16H15ClN4O. The predicted molar refractivity (Wildman–Crippen MR) is 81.8 cm³/mol. The standard InChI is InChI=1S/C16H15ClN4O/c17-15-9-14(22-20-15)5-6-16-18-10-19-21(16)13-7-11-3-1-2-4-12(11)8-13/h1-4,9-10,13H,5-8H2. The summed E-state index contributed by atoms with van der Waals surface area (Å²) in [5, 5.41) is 8.51. The van der Waals surface area contributed by atoms with Gasteiger partial charge in [0.1, 0.15) is 17.9 Å². The lowest BCUT2D eigenvalue weighted by Gasteiger charge is -2.12. The largest absolute Gasteiger partial charge is 0.360 e. The number of aromatic nitrogens is 4. The summed E-state index contributed by atoms with van der Waals surface area (Å²) in [5.74, 6) is 1.75. The maximum Gasteiger partial charge on any atom is 0.172 e. The Labute approximate surface area is 132 Å². The number of halogens is 1. The molecule has 0 spiro atoms. The van der Waals surface area contributed by atoms with Gasteiger partial charge in [0.05, 0.1) is 6.04 Å². The lowest BCUT2D eigenvalue weighted by atomic mass is 10.1. The van der Waals surface area contributed by atoms with E-state index in [1.165, 1.54) is 11.1 Å². The van der Waals surface area contributed by atoms with Gasteiger partial charge in [0.15, 0.2) is 5.15 Å². The van der Waals surface area contributed by atoms with Crippen LogP contribution in [-0.4, -0.2) is 19.9 Å². The average Bonchev–Trinajstić information content (AvgIpc) is 3.23. The zero-order chi connectivity index (χ0) is 14.9. The Morgan fingerprint density at radius 1 is 1.18 bits per heavy atom. The van der Waals surface area contributed by atoms with E-state index in [1.54, 1.807) is 12.4 Å². The Morgan fingerprint density at radius 3 is 2.64 bits per heavy atom. The van der Waals surface area contributed by atoms with Crippen LogP contribution in [0.5, 0.6) is 0 Å². The van der Waals surface area contributed by atoms with Crippen molar-refractivity contribution in [3.63, 3.8) is 0 Å². The molecule has 6 heteroatoms. The van der Waals surface area contributed by atoms with E-state index in [2.05, 4.69) is 44.2 Å². The Morgan fingerprint density at radius 2 is 1.95 bits per heavy atom. The highest BCUT2D eigenvalue weighted by Crippen LogP contribution is 2.30. The zero-order valence-electron chi connectivity index (χ0n) is 11.9. The fourth-order valence-electron chi connectivity index (χ4n) is 3.11. The minimum atomic E-state index is 0.355. The van der Waals surface area contributed by atoms with E-state index in [9.17, 15) is 0 Å². The quantitative estimate of drug-likeness (QED) is 0.742. The van der Waals surface area contributed by atoms with Crippen LogP contribution < -0.4 is 0 Å². The lowest BCUT2D eigenvalue weighted by Crippen LogP contribution is -2.15. The van der Waals surface area contributed by atoms with Gasteiger partial charge >= 0.3 is 0 Å². The second-order valence-corrected chi connectivity index (χ2v) is 5.95. The summed E-state index contributed by atoms with van der Waals surface area (Å²) in [6.45, 7) is 0. The van der Waals surface area contributed by atoms with Gasteiger partial charge in [-0.1, -0.05) is 41.0 Å². The Hall–Kier alpha value is -2.14. The highest BCUT2D eigenvalue weighted by atomic mass is 35.5. The maximum absolute atomic E-state index is 5.77. The van der Waals surface area contributed by atoms with E-state index in [0.29, 0.717) is 11.2 Å². The first kappa shape index (κ1) is 13.5. The van der Waals surface area contributed by atoms with E-state index >= 15 is 0 Å². The molecule has 112 valence electrons. The van der Waals surface area contributed by atoms with Gasteiger partial charge in [-0.15, -0.1) is 0 Å². The SMILES string of the molecule is Clc1cc(CCc2ncnn2C2Cc3ccccc3C2)on1. The molecule has 0 radical (unpaired) electrons. The van der Waals surface area contributed by atoms with Crippen LogP contribution in [0.2, 0.25) is 5.15 Å². The molecule has 0 saturated heterocycles. The third-order valence-corrected chi connectivity index (χ3v) is 4.33. The molecule has 0 atom stereocenters. The molecular weight excluding hydrogens is 300 g/mol. The van der Waals surface area contributed by atoms with Gasteiger partial charge in [-0.3, -0.25) is 0 Å². The summed E-state index contributed by atoms with van der Waals surface area (Å²) in [7, 11) is 0. The van der Waals surface area contributed by atoms with E-state index in [4.69, 9.17) is 16.1 Å². The third-order valence-electron chi connectivity index (χ3n) is 4.15. The van der Waals surface area contributed by atoms with Crippen molar-refractivity contribution in [1.29, 1.82) is 0 Å². The summed E-state index contributed by atoms with van der Waals surface area (Å²) in [6, 6.07) is 10.7. The normalized spacial score (nSPS) is 14.4. The van der Waals surface area contributed by atoms with Crippen molar-refractivity contribution in [2.24, 2.45) is 0 Å². The first-order valence-corrected chi connectivity index (χ1v) is 7.73. The van der Waals surface area contributed by atoms with Crippen LogP contribution in [0.25, 0.3) is 0 Å². The molecule has 0 bridgehead atoms. The summed E-state index contributed by atoms with van der Waals surface area (Å²) in [5.41, 5.74) is 2.83. The molecule has 0 saturated carbocycles. The van der Waals surface area contributed by atoms with Crippen molar-refractivity contribution in [2.75, 3.05) is 0 Å². The van der Waals surface area contributed by atoms with Crippen LogP contribution in [0.3, 0.4) is 0 Å². The van der Waals surface area contributed by atoms with Crippen LogP contribution in [0.15, 0.2) is 41.2 Å². The number of hydrogen-bond acceptors (Lipinski definition) is 4. The van der Waals surface area contributed by atoms with Crippen molar-refractivity contribution in [3.05, 3.63) is 64.5 Å². The molecule has 1 aliphatic rings. The lowest BCUT2D eigenvalue weighted by molar-refractivity contribution is 0.379. The molecule has 5 nitrogen and oxygen atoms in total. The van der Waals surface area contributed by atoms with E-state index < -0.39 is 0 Å². The topological polar surface area (TPSA) is 56.7 Å². The summed E-state index contributed by atoms with van der Waals surface area (Å²) in [6.07, 6.45) is 5.14. The molecule has 1 aromatic carbocycles. The molecule has 4 rings (SSSR count). The molecule has 2 aromatic heterocycles. The van der Waals surface area contributed by atoms with Gasteiger partial charge in [-0.05, 0) is 24.0 Å². The number of aryl methyl sites for hydroxylation is 2. The van der Waals surface area contributed by atoms with Crippen LogP contribution in [0.4, 0.5) is 0 Å². The second-order valence-electron chi connectivity index (χ2n) is 5.57. The van der Waals surface area contributed by atoms with Gasteiger partial charge < -0.3 is 4.52 Å². The first-order valence-electron chi connectivity index (χ1n) is 7.36. The first-order chi connectivity index (χ1) is 10.8. The molecule has 22 heavy (non-hydrogen) atoms. The molecule has 2 heterocycles. The van der Waals surface area contributed by atoms with Crippen molar-refractivity contribution < 1.29 is 4.52 Å². The Bertz CT molecular complexity index is 770. The number of fused-ring (bicyclic) bond motifs is 1. The minimum Gasteiger partial charge on any atom is -0.360 e. The molecule has 0 aliphatic heterocycles. The maximum atomic E-state index is 5.77. The minimum absolute atomic E-state index is 0.355. The Balaban J connectivity index is 1.49. The molecule has 0 amide bonds. The van der Waals surface area contributed by atoms with Gasteiger partial charge in [-0.2, -0.15) is 5.10 Å². The van der Waals surface area contributed by atoms with Crippen LogP contribution >= 0.6 is 11.6 Å². The van der Waals surface area contributed by atoms with E-state index in [1.807, 2.05) is 0 Å². The van der Waals surface area contributed by atoms with Crippen molar-refractivity contribution in [3.8, 4) is 0 Å². The highest BCUT2D eigenvalue weighted by Gasteiger charge is 2.25. The van der Waals surface area contributed by atoms with Crippen molar-refractivity contribution in [2.45, 2.75) is 31.7 Å². The summed E-state index contributed by atoms with van der Waals surface area (Å²) >= 11 is 5.77. The second kappa shape index (κ2) is 5.57. The van der Waals surface area contributed by atoms with E-state index in [0.717, 1.165) is 37.3 Å². The number of rotatable bonds is 4. The Kier molecular flexibility index (Phi) is 3.42. The van der Waals surface area contributed by atoms with Crippen LogP contribution in [-0.2, 0) is 25.7 Å². The zero-order valence-corrected chi connectivity index (χ0v) is 12.7. The van der Waals surface area contributed by atoms with Gasteiger partial charge in [0, 0.05) is 18.9 Å². The van der Waals surface area contributed by atoms with Crippen LogP contribution in [0, 0.1) is 0 Å². The monoisotopic (exact) mass is 314 g/mol. The molecule has 1 aliphatic carbocycles. The predicted octanol–water partition coefficient (Wildman–Crippen LogP) is 3.04. The molecule has 3 aromatic rings. The van der Waals surface area contributed by atoms with Gasteiger partial charge in [0.25, 0.3) is 0 Å². The average molecular weight is 315 g/mol.